The summed E-state index contributed by atoms with van der Waals surface area (Å²) >= 11 is 0. The van der Waals surface area contributed by atoms with Gasteiger partial charge in [-0.2, -0.15) is 0 Å². The lowest BCUT2D eigenvalue weighted by molar-refractivity contribution is -0.121. The first-order chi connectivity index (χ1) is 4.37. The third-order valence-electron chi connectivity index (χ3n) is 0.926. The first-order valence-electron chi connectivity index (χ1n) is 2.22. The zero-order valence-electron chi connectivity index (χ0n) is 4.84. The van der Waals surface area contributed by atoms with E-state index in [0.717, 1.165) is 0 Å². The Morgan fingerprint density at radius 2 is 1.90 bits per heavy atom. The number of hydrogen-bond acceptors (Lipinski definition) is 4. The molecule has 0 aromatic carbocycles. The van der Waals surface area contributed by atoms with Gasteiger partial charge in [0.25, 0.3) is 0 Å². The number of rotatable bonds is 3. The molecule has 1 unspecified atom stereocenters. The third kappa shape index (κ3) is 1.62. The summed E-state index contributed by atoms with van der Waals surface area (Å²) in [6.07, 6.45) is -0.381. The van der Waals surface area contributed by atoms with E-state index < -0.39 is 19.5 Å². The van der Waals surface area contributed by atoms with Crippen molar-refractivity contribution in [3.8, 4) is 0 Å². The topological polar surface area (TPSA) is 115 Å². The number of hydrogen-bond donors (Lipinski definition) is 4. The molecule has 1 atom stereocenters. The molecule has 7 heteroatoms. The molecule has 6 nitrogen and oxygen atoms in total. The minimum absolute atomic E-state index is 0.381. The summed E-state index contributed by atoms with van der Waals surface area (Å²) in [6.45, 7) is -1.29. The van der Waals surface area contributed by atoms with E-state index in [1.165, 1.54) is 0 Å². The van der Waals surface area contributed by atoms with Gasteiger partial charge in [0, 0.05) is 0 Å². The van der Waals surface area contributed by atoms with Crippen molar-refractivity contribution in [1.29, 1.82) is 0 Å². The molecule has 0 radical (unpaired) electrons. The average molecular weight is 170 g/mol. The smallest absolute Gasteiger partial charge is 0.366 e. The normalized spacial score (nSPS) is 18.0. The SMILES string of the molecule is O=CC(O)(CO)P(=O)(O)O. The molecule has 0 rings (SSSR count). The lowest BCUT2D eigenvalue weighted by atomic mass is 10.4. The number of carbonyl (C=O) groups is 1. The van der Waals surface area contributed by atoms with Crippen LogP contribution < -0.4 is 0 Å². The van der Waals surface area contributed by atoms with Gasteiger partial charge in [-0.1, -0.05) is 0 Å². The van der Waals surface area contributed by atoms with Crippen molar-refractivity contribution in [2.24, 2.45) is 0 Å². The molecule has 0 saturated carbocycles. The van der Waals surface area contributed by atoms with E-state index >= 15 is 0 Å². The lowest BCUT2D eigenvalue weighted by Crippen LogP contribution is -2.34. The number of aliphatic hydroxyl groups excluding tert-OH is 1. The molecule has 0 amide bonds. The van der Waals surface area contributed by atoms with E-state index in [0.29, 0.717) is 0 Å². The van der Waals surface area contributed by atoms with Gasteiger partial charge in [-0.05, 0) is 0 Å². The second-order valence-electron chi connectivity index (χ2n) is 1.70. The van der Waals surface area contributed by atoms with Crippen LogP contribution in [-0.2, 0) is 9.36 Å². The Morgan fingerprint density at radius 3 is 1.90 bits per heavy atom. The van der Waals surface area contributed by atoms with Crippen molar-refractivity contribution in [2.75, 3.05) is 6.61 Å². The van der Waals surface area contributed by atoms with Gasteiger partial charge in [0.1, 0.15) is 0 Å². The lowest BCUT2D eigenvalue weighted by Gasteiger charge is -2.18. The highest BCUT2D eigenvalue weighted by atomic mass is 31.2. The molecule has 0 aliphatic carbocycles. The minimum atomic E-state index is -4.95. The third-order valence-corrected chi connectivity index (χ3v) is 2.18. The van der Waals surface area contributed by atoms with Gasteiger partial charge < -0.3 is 20.0 Å². The summed E-state index contributed by atoms with van der Waals surface area (Å²) in [6, 6.07) is 0. The van der Waals surface area contributed by atoms with Crippen LogP contribution in [-0.4, -0.2) is 38.2 Å². The quantitative estimate of drug-likeness (QED) is 0.289. The Bertz CT molecular complexity index is 172. The Kier molecular flexibility index (Phi) is 2.70. The maximum atomic E-state index is 10.2. The van der Waals surface area contributed by atoms with Gasteiger partial charge in [0.2, 0.25) is 5.34 Å². The van der Waals surface area contributed by atoms with Crippen LogP contribution in [0, 0.1) is 0 Å². The molecule has 4 N–H and O–H groups in total. The maximum Gasteiger partial charge on any atom is 0.366 e. The van der Waals surface area contributed by atoms with Crippen LogP contribution >= 0.6 is 7.60 Å². The number of carbonyl (C=O) groups excluding carboxylic acids is 1. The fraction of sp³-hybridized carbons (Fsp3) is 0.667. The average Bonchev–Trinajstić information content (AvgIpc) is 1.84. The highest BCUT2D eigenvalue weighted by Crippen LogP contribution is 2.46. The first kappa shape index (κ1) is 9.74. The molecule has 0 fully saturated rings. The van der Waals surface area contributed by atoms with Crippen LogP contribution in [0.4, 0.5) is 0 Å². The van der Waals surface area contributed by atoms with E-state index in [4.69, 9.17) is 20.0 Å². The Balaban J connectivity index is 4.66. The summed E-state index contributed by atoms with van der Waals surface area (Å²) in [5, 5.41) is 13.8. The van der Waals surface area contributed by atoms with Gasteiger partial charge in [-0.15, -0.1) is 0 Å². The predicted molar refractivity (Wildman–Crippen MR) is 30.1 cm³/mol. The van der Waals surface area contributed by atoms with Crippen LogP contribution in [0.1, 0.15) is 0 Å². The highest BCUT2D eigenvalue weighted by molar-refractivity contribution is 7.54. The van der Waals surface area contributed by atoms with E-state index in [1.807, 2.05) is 0 Å². The van der Waals surface area contributed by atoms with E-state index in [1.54, 1.807) is 0 Å². The van der Waals surface area contributed by atoms with Crippen LogP contribution in [0.15, 0.2) is 0 Å². The van der Waals surface area contributed by atoms with Crippen molar-refractivity contribution in [1.82, 2.24) is 0 Å². The Labute approximate surface area is 56.3 Å². The summed E-state index contributed by atoms with van der Waals surface area (Å²) in [7, 11) is -4.95. The molecular weight excluding hydrogens is 163 g/mol. The second kappa shape index (κ2) is 2.77. The molecular formula is C3H7O6P. The van der Waals surface area contributed by atoms with Crippen LogP contribution in [0.25, 0.3) is 0 Å². The summed E-state index contributed by atoms with van der Waals surface area (Å²) in [5.41, 5.74) is 0. The minimum Gasteiger partial charge on any atom is -0.392 e. The van der Waals surface area contributed by atoms with Crippen LogP contribution in [0.3, 0.4) is 0 Å². The standard InChI is InChI=1S/C3H7O6P/c4-1-3(6,2-5)10(7,8)9/h1,5-6H,2H2,(H2,7,8,9). The Morgan fingerprint density at radius 1 is 1.50 bits per heavy atom. The molecule has 60 valence electrons. The van der Waals surface area contributed by atoms with Gasteiger partial charge in [0.15, 0.2) is 6.29 Å². The molecule has 0 spiro atoms. The molecule has 0 aromatic heterocycles. The molecule has 0 aliphatic rings. The number of aldehydes is 1. The van der Waals surface area contributed by atoms with E-state index in [9.17, 15) is 9.36 Å². The van der Waals surface area contributed by atoms with Gasteiger partial charge >= 0.3 is 7.60 Å². The van der Waals surface area contributed by atoms with Crippen LogP contribution in [0.5, 0.6) is 0 Å². The second-order valence-corrected chi connectivity index (χ2v) is 3.56. The van der Waals surface area contributed by atoms with Crippen molar-refractivity contribution >= 4 is 13.9 Å². The fourth-order valence-electron chi connectivity index (χ4n) is 0.198. The van der Waals surface area contributed by atoms with Gasteiger partial charge in [-0.3, -0.25) is 9.36 Å². The molecule has 10 heavy (non-hydrogen) atoms. The van der Waals surface area contributed by atoms with Crippen molar-refractivity contribution in [3.63, 3.8) is 0 Å². The molecule has 0 aromatic rings. The molecule has 0 saturated heterocycles. The molecule has 0 heterocycles. The fourth-order valence-corrected chi connectivity index (χ4v) is 0.520. The van der Waals surface area contributed by atoms with Gasteiger partial charge in [-0.25, -0.2) is 0 Å². The van der Waals surface area contributed by atoms with Crippen LogP contribution in [0.2, 0.25) is 0 Å². The highest BCUT2D eigenvalue weighted by Gasteiger charge is 2.44. The van der Waals surface area contributed by atoms with E-state index in [2.05, 4.69) is 0 Å². The maximum absolute atomic E-state index is 10.2. The summed E-state index contributed by atoms with van der Waals surface area (Å²) in [4.78, 5) is 26.2. The van der Waals surface area contributed by atoms with Crippen molar-refractivity contribution < 1.29 is 29.4 Å². The monoisotopic (exact) mass is 170 g/mol. The summed E-state index contributed by atoms with van der Waals surface area (Å²) in [5.74, 6) is 0. The van der Waals surface area contributed by atoms with Crippen molar-refractivity contribution in [2.45, 2.75) is 5.34 Å². The zero-order valence-corrected chi connectivity index (χ0v) is 5.73. The predicted octanol–water partition coefficient (Wildman–Crippen LogP) is -1.96. The summed E-state index contributed by atoms with van der Waals surface area (Å²) < 4.78 is 10.2. The van der Waals surface area contributed by atoms with Crippen molar-refractivity contribution in [3.05, 3.63) is 0 Å². The molecule has 0 bridgehead atoms. The molecule has 0 aliphatic heterocycles. The number of aliphatic hydroxyl groups is 2. The van der Waals surface area contributed by atoms with Gasteiger partial charge in [0.05, 0.1) is 6.61 Å². The largest absolute Gasteiger partial charge is 0.392 e. The van der Waals surface area contributed by atoms with E-state index in [-0.39, 0.29) is 6.29 Å². The zero-order chi connectivity index (χ0) is 8.41. The Hall–Kier alpha value is -0.260. The first-order valence-corrected chi connectivity index (χ1v) is 3.84.